The Morgan fingerprint density at radius 1 is 1.15 bits per heavy atom. The molecule has 33 heavy (non-hydrogen) atoms. The van der Waals surface area contributed by atoms with Gasteiger partial charge in [0, 0.05) is 39.2 Å². The molecule has 0 radical (unpaired) electrons. The first-order valence-electron chi connectivity index (χ1n) is 12.7. The number of hydrogen-bond donors (Lipinski definition) is 0. The Bertz CT molecular complexity index is 912. The van der Waals surface area contributed by atoms with Gasteiger partial charge in [0.1, 0.15) is 5.69 Å². The molecule has 4 heterocycles. The zero-order chi connectivity index (χ0) is 23.2. The minimum atomic E-state index is 0.122. The van der Waals surface area contributed by atoms with Crippen molar-refractivity contribution < 1.29 is 14.4 Å². The van der Waals surface area contributed by atoms with E-state index in [9.17, 15) is 4.79 Å². The fourth-order valence-electron chi connectivity index (χ4n) is 4.86. The molecule has 2 aliphatic rings. The van der Waals surface area contributed by atoms with Crippen molar-refractivity contribution in [1.82, 2.24) is 24.7 Å². The zero-order valence-corrected chi connectivity index (χ0v) is 20.5. The van der Waals surface area contributed by atoms with Crippen LogP contribution in [0.3, 0.4) is 0 Å². The molecule has 0 saturated carbocycles. The number of likely N-dealkylation sites (tertiary alicyclic amines) is 1. The van der Waals surface area contributed by atoms with Gasteiger partial charge in [-0.3, -0.25) is 9.63 Å². The number of aryl methyl sites for hydroxylation is 1. The summed E-state index contributed by atoms with van der Waals surface area (Å²) in [6, 6.07) is 3.80. The van der Waals surface area contributed by atoms with Crippen molar-refractivity contribution in [1.29, 1.82) is 0 Å². The van der Waals surface area contributed by atoms with Gasteiger partial charge in [-0.15, -0.1) is 0 Å². The molecule has 0 spiro atoms. The predicted molar refractivity (Wildman–Crippen MR) is 128 cm³/mol. The Morgan fingerprint density at radius 3 is 2.64 bits per heavy atom. The first kappa shape index (κ1) is 24.1. The van der Waals surface area contributed by atoms with E-state index in [0.717, 1.165) is 70.4 Å². The van der Waals surface area contributed by atoms with Gasteiger partial charge < -0.3 is 9.64 Å². The van der Waals surface area contributed by atoms with Crippen LogP contribution in [0.1, 0.15) is 69.3 Å². The molecule has 0 aromatic carbocycles. The first-order valence-corrected chi connectivity index (χ1v) is 12.7. The predicted octanol–water partition coefficient (Wildman–Crippen LogP) is 3.85. The molecule has 0 atom stereocenters. The Balaban J connectivity index is 1.30. The van der Waals surface area contributed by atoms with Crippen molar-refractivity contribution in [2.24, 2.45) is 13.0 Å². The van der Waals surface area contributed by atoms with Crippen molar-refractivity contribution in [3.05, 3.63) is 17.8 Å². The number of fused-ring (bicyclic) bond motifs is 1. The lowest BCUT2D eigenvalue weighted by Gasteiger charge is -2.34. The summed E-state index contributed by atoms with van der Waals surface area (Å²) in [5.41, 5.74) is 1.25. The molecule has 2 aromatic rings. The highest BCUT2D eigenvalue weighted by molar-refractivity contribution is 6.05. The number of rotatable bonds is 10. The summed E-state index contributed by atoms with van der Waals surface area (Å²) in [7, 11) is 1.84. The summed E-state index contributed by atoms with van der Waals surface area (Å²) in [6.45, 7) is 10.2. The van der Waals surface area contributed by atoms with Crippen LogP contribution in [0.25, 0.3) is 11.0 Å². The summed E-state index contributed by atoms with van der Waals surface area (Å²) < 4.78 is 7.69. The molecule has 0 N–H and O–H groups in total. The number of Topliss-reactive ketones (excluding diaryl/α,β-unsaturated/α-hetero) is 1. The number of pyridine rings is 1. The lowest BCUT2D eigenvalue weighted by molar-refractivity contribution is -0.182. The number of ketones is 1. The lowest BCUT2D eigenvalue weighted by Crippen LogP contribution is -2.41. The van der Waals surface area contributed by atoms with E-state index < -0.39 is 0 Å². The van der Waals surface area contributed by atoms with Crippen molar-refractivity contribution in [3.63, 3.8) is 0 Å². The zero-order valence-electron chi connectivity index (χ0n) is 20.5. The molecule has 2 saturated heterocycles. The number of carbonyl (C=O) groups is 1. The van der Waals surface area contributed by atoms with E-state index in [1.807, 2.05) is 19.2 Å². The topological polar surface area (TPSA) is 72.7 Å². The number of aromatic nitrogens is 3. The van der Waals surface area contributed by atoms with E-state index in [4.69, 9.17) is 9.57 Å². The Kier molecular flexibility index (Phi) is 8.33. The largest absolute Gasteiger partial charge is 0.474 e. The molecule has 8 nitrogen and oxygen atoms in total. The molecule has 182 valence electrons. The van der Waals surface area contributed by atoms with Crippen LogP contribution < -0.4 is 4.74 Å². The molecule has 0 bridgehead atoms. The first-order chi connectivity index (χ1) is 16.1. The van der Waals surface area contributed by atoms with E-state index in [1.165, 1.54) is 12.8 Å². The van der Waals surface area contributed by atoms with Crippen LogP contribution in [-0.2, 0) is 11.9 Å². The average molecular weight is 458 g/mol. The maximum atomic E-state index is 13.1. The van der Waals surface area contributed by atoms with E-state index in [0.29, 0.717) is 29.6 Å². The number of nitrogens with zero attached hydrogens (tertiary/aromatic N) is 5. The summed E-state index contributed by atoms with van der Waals surface area (Å²) in [4.78, 5) is 26.0. The number of hydroxylamine groups is 2. The van der Waals surface area contributed by atoms with E-state index >= 15 is 0 Å². The maximum absolute atomic E-state index is 13.1. The Morgan fingerprint density at radius 2 is 1.94 bits per heavy atom. The Hall–Kier alpha value is -2.03. The third kappa shape index (κ3) is 6.11. The van der Waals surface area contributed by atoms with Crippen LogP contribution in [0.4, 0.5) is 0 Å². The molecular formula is C25H39N5O3. The van der Waals surface area contributed by atoms with Gasteiger partial charge in [0.15, 0.2) is 11.4 Å². The van der Waals surface area contributed by atoms with Gasteiger partial charge >= 0.3 is 0 Å². The van der Waals surface area contributed by atoms with E-state index in [1.54, 1.807) is 4.68 Å². The molecule has 2 aromatic heterocycles. The van der Waals surface area contributed by atoms with Crippen molar-refractivity contribution in [3.8, 4) is 5.88 Å². The summed E-state index contributed by atoms with van der Waals surface area (Å²) >= 11 is 0. The maximum Gasteiger partial charge on any atom is 0.215 e. The fraction of sp³-hybridized carbons (Fsp3) is 0.720. The van der Waals surface area contributed by atoms with E-state index in [2.05, 4.69) is 33.9 Å². The summed E-state index contributed by atoms with van der Waals surface area (Å²) in [6.07, 6.45) is 7.11. The van der Waals surface area contributed by atoms with Gasteiger partial charge in [-0.05, 0) is 63.6 Å². The third-order valence-electron chi connectivity index (χ3n) is 7.05. The van der Waals surface area contributed by atoms with Crippen LogP contribution in [0, 0.1) is 5.92 Å². The highest BCUT2D eigenvalue weighted by atomic mass is 16.7. The van der Waals surface area contributed by atoms with Crippen molar-refractivity contribution in [2.75, 3.05) is 39.3 Å². The van der Waals surface area contributed by atoms with Gasteiger partial charge in [0.25, 0.3) is 0 Å². The van der Waals surface area contributed by atoms with Gasteiger partial charge in [-0.1, -0.05) is 13.8 Å². The molecule has 2 aliphatic heterocycles. The number of ether oxygens (including phenoxy) is 1. The second kappa shape index (κ2) is 11.4. The Labute approximate surface area is 197 Å². The lowest BCUT2D eigenvalue weighted by atomic mass is 9.90. The molecular weight excluding hydrogens is 418 g/mol. The van der Waals surface area contributed by atoms with Gasteiger partial charge in [-0.2, -0.15) is 15.1 Å². The van der Waals surface area contributed by atoms with E-state index in [-0.39, 0.29) is 11.9 Å². The standard InChI is InChI=1S/C25H39N5O3/c1-4-20(5-2)33-23-9-8-21-24(27-28(3)25(21)26-23)22(31)18-19-10-13-29(14-11-19)15-16-30-12-6-7-17-32-30/h8-9,19-20H,4-7,10-18H2,1-3H3. The normalized spacial score (nSPS) is 18.9. The minimum Gasteiger partial charge on any atom is -0.474 e. The molecule has 4 rings (SSSR count). The quantitative estimate of drug-likeness (QED) is 0.502. The second-order valence-electron chi connectivity index (χ2n) is 9.43. The monoisotopic (exact) mass is 457 g/mol. The van der Waals surface area contributed by atoms with Crippen molar-refractivity contribution >= 4 is 16.8 Å². The summed E-state index contributed by atoms with van der Waals surface area (Å²) in [5.74, 6) is 1.14. The smallest absolute Gasteiger partial charge is 0.215 e. The average Bonchev–Trinajstić information content (AvgIpc) is 3.18. The SMILES string of the molecule is CCC(CC)Oc1ccc2c(C(=O)CC3CCN(CCN4CCCCO4)CC3)nn(C)c2n1. The van der Waals surface area contributed by atoms with Crippen LogP contribution in [0.5, 0.6) is 5.88 Å². The van der Waals surface area contributed by atoms with Gasteiger partial charge in [-0.25, -0.2) is 4.68 Å². The molecule has 0 unspecified atom stereocenters. The van der Waals surface area contributed by atoms with Crippen LogP contribution >= 0.6 is 0 Å². The molecule has 2 fully saturated rings. The van der Waals surface area contributed by atoms with Crippen molar-refractivity contribution in [2.45, 2.75) is 64.9 Å². The van der Waals surface area contributed by atoms with Crippen LogP contribution in [0.2, 0.25) is 0 Å². The molecule has 8 heteroatoms. The summed E-state index contributed by atoms with van der Waals surface area (Å²) in [5, 5.41) is 7.46. The highest BCUT2D eigenvalue weighted by Crippen LogP contribution is 2.26. The van der Waals surface area contributed by atoms with Crippen LogP contribution in [0.15, 0.2) is 12.1 Å². The number of hydrogen-bond acceptors (Lipinski definition) is 7. The van der Waals surface area contributed by atoms with Crippen LogP contribution in [-0.4, -0.2) is 75.9 Å². The highest BCUT2D eigenvalue weighted by Gasteiger charge is 2.25. The molecule has 0 amide bonds. The number of piperidine rings is 1. The minimum absolute atomic E-state index is 0.122. The molecule has 0 aliphatic carbocycles. The number of carbonyl (C=O) groups excluding carboxylic acids is 1. The third-order valence-corrected chi connectivity index (χ3v) is 7.05. The van der Waals surface area contributed by atoms with Gasteiger partial charge in [0.2, 0.25) is 5.88 Å². The second-order valence-corrected chi connectivity index (χ2v) is 9.43. The van der Waals surface area contributed by atoms with Gasteiger partial charge in [0.05, 0.1) is 18.1 Å². The fourth-order valence-corrected chi connectivity index (χ4v) is 4.86.